The molecule has 0 bridgehead atoms. The molecule has 0 aliphatic heterocycles. The molecule has 0 aromatic heterocycles. The molecule has 0 heterocycles. The average Bonchev–Trinajstić information content (AvgIpc) is 2.42. The lowest BCUT2D eigenvalue weighted by molar-refractivity contribution is -0.133. The Balaban J connectivity index is 1.97. The summed E-state index contributed by atoms with van der Waals surface area (Å²) in [6.07, 6.45) is 0.148. The first-order chi connectivity index (χ1) is 9.54. The molecule has 102 valence electrons. The van der Waals surface area contributed by atoms with Crippen molar-refractivity contribution in [3.8, 4) is 5.75 Å². The molecular formula is C15H12ClNO3. The van der Waals surface area contributed by atoms with Gasteiger partial charge < -0.3 is 10.5 Å². The fraction of sp³-hybridized carbons (Fsp3) is 0.0667. The van der Waals surface area contributed by atoms with Gasteiger partial charge in [-0.1, -0.05) is 23.7 Å². The summed E-state index contributed by atoms with van der Waals surface area (Å²) >= 11 is 5.76. The van der Waals surface area contributed by atoms with E-state index in [0.29, 0.717) is 16.3 Å². The van der Waals surface area contributed by atoms with Crippen LogP contribution in [0, 0.1) is 0 Å². The van der Waals surface area contributed by atoms with Crippen LogP contribution in [0.4, 0.5) is 0 Å². The predicted octanol–water partition coefficient (Wildman–Crippen LogP) is 2.59. The van der Waals surface area contributed by atoms with Gasteiger partial charge >= 0.3 is 5.97 Å². The first kappa shape index (κ1) is 14.1. The van der Waals surface area contributed by atoms with Crippen LogP contribution in [0.25, 0.3) is 0 Å². The largest absolute Gasteiger partial charge is 0.426 e. The lowest BCUT2D eigenvalue weighted by atomic mass is 10.1. The molecule has 0 fully saturated rings. The van der Waals surface area contributed by atoms with Gasteiger partial charge in [0.25, 0.3) is 0 Å². The van der Waals surface area contributed by atoms with E-state index in [-0.39, 0.29) is 12.4 Å². The lowest BCUT2D eigenvalue weighted by Crippen LogP contribution is -2.12. The summed E-state index contributed by atoms with van der Waals surface area (Å²) in [4.78, 5) is 22.6. The summed E-state index contributed by atoms with van der Waals surface area (Å²) in [5.74, 6) is -0.544. The second-order valence-corrected chi connectivity index (χ2v) is 4.60. The van der Waals surface area contributed by atoms with Gasteiger partial charge in [0.1, 0.15) is 5.75 Å². The molecule has 0 atom stereocenters. The highest BCUT2D eigenvalue weighted by molar-refractivity contribution is 6.30. The Kier molecular flexibility index (Phi) is 4.38. The van der Waals surface area contributed by atoms with E-state index >= 15 is 0 Å². The van der Waals surface area contributed by atoms with Crippen molar-refractivity contribution in [1.29, 1.82) is 0 Å². The van der Waals surface area contributed by atoms with Crippen molar-refractivity contribution in [2.45, 2.75) is 6.42 Å². The third-order valence-electron chi connectivity index (χ3n) is 2.63. The van der Waals surface area contributed by atoms with Crippen LogP contribution in [0.5, 0.6) is 5.75 Å². The molecule has 0 saturated carbocycles. The summed E-state index contributed by atoms with van der Waals surface area (Å²) in [5.41, 5.74) is 6.30. The third kappa shape index (κ3) is 3.83. The van der Waals surface area contributed by atoms with Gasteiger partial charge in [0.15, 0.2) is 0 Å². The number of halogens is 1. The van der Waals surface area contributed by atoms with Gasteiger partial charge in [0.2, 0.25) is 5.91 Å². The maximum atomic E-state index is 11.7. The van der Waals surface area contributed by atoms with E-state index in [0.717, 1.165) is 5.56 Å². The van der Waals surface area contributed by atoms with Gasteiger partial charge in [-0.3, -0.25) is 9.59 Å². The van der Waals surface area contributed by atoms with E-state index in [1.54, 1.807) is 24.3 Å². The highest BCUT2D eigenvalue weighted by atomic mass is 35.5. The third-order valence-corrected chi connectivity index (χ3v) is 2.88. The van der Waals surface area contributed by atoms with Crippen LogP contribution < -0.4 is 10.5 Å². The Hall–Kier alpha value is -2.33. The maximum absolute atomic E-state index is 11.7. The normalized spacial score (nSPS) is 10.1. The minimum Gasteiger partial charge on any atom is -0.426 e. The smallest absolute Gasteiger partial charge is 0.315 e. The van der Waals surface area contributed by atoms with E-state index in [2.05, 4.69) is 0 Å². The standard InChI is InChI=1S/C15H12ClNO3/c16-12-5-1-10(2-6-12)9-14(18)20-13-7-3-11(4-8-13)15(17)19/h1-8H,9H2,(H2,17,19). The summed E-state index contributed by atoms with van der Waals surface area (Å²) in [6, 6.07) is 13.0. The molecule has 2 N–H and O–H groups in total. The van der Waals surface area contributed by atoms with E-state index in [9.17, 15) is 9.59 Å². The Morgan fingerprint density at radius 3 is 2.15 bits per heavy atom. The van der Waals surface area contributed by atoms with Crippen LogP contribution in [0.2, 0.25) is 5.02 Å². The highest BCUT2D eigenvalue weighted by Crippen LogP contribution is 2.14. The summed E-state index contributed by atoms with van der Waals surface area (Å²) in [5, 5.41) is 0.615. The quantitative estimate of drug-likeness (QED) is 0.695. The fourth-order valence-corrected chi connectivity index (χ4v) is 1.75. The van der Waals surface area contributed by atoms with Crippen LogP contribution in [0.3, 0.4) is 0 Å². The van der Waals surface area contributed by atoms with Crippen molar-refractivity contribution in [2.24, 2.45) is 5.73 Å². The Labute approximate surface area is 121 Å². The molecule has 0 saturated heterocycles. The molecule has 0 radical (unpaired) electrons. The van der Waals surface area contributed by atoms with Crippen LogP contribution in [0.1, 0.15) is 15.9 Å². The van der Waals surface area contributed by atoms with Gasteiger partial charge in [0, 0.05) is 10.6 Å². The predicted molar refractivity (Wildman–Crippen MR) is 75.8 cm³/mol. The van der Waals surface area contributed by atoms with Gasteiger partial charge in [-0.15, -0.1) is 0 Å². The number of nitrogens with two attached hydrogens (primary N) is 1. The van der Waals surface area contributed by atoms with Crippen molar-refractivity contribution in [3.63, 3.8) is 0 Å². The Morgan fingerprint density at radius 2 is 1.60 bits per heavy atom. The number of hydrogen-bond acceptors (Lipinski definition) is 3. The first-order valence-electron chi connectivity index (χ1n) is 5.89. The zero-order valence-electron chi connectivity index (χ0n) is 10.5. The number of carbonyl (C=O) groups excluding carboxylic acids is 2. The Morgan fingerprint density at radius 1 is 1.00 bits per heavy atom. The number of esters is 1. The zero-order valence-corrected chi connectivity index (χ0v) is 11.3. The number of primary amides is 1. The summed E-state index contributed by atoms with van der Waals surface area (Å²) in [6.45, 7) is 0. The number of ether oxygens (including phenoxy) is 1. The van der Waals surface area contributed by atoms with Crippen molar-refractivity contribution < 1.29 is 14.3 Å². The molecule has 0 unspecified atom stereocenters. The molecule has 2 aromatic rings. The summed E-state index contributed by atoms with van der Waals surface area (Å²) in [7, 11) is 0. The van der Waals surface area contributed by atoms with E-state index in [1.165, 1.54) is 24.3 Å². The number of hydrogen-bond donors (Lipinski definition) is 1. The minimum absolute atomic E-state index is 0.148. The molecule has 20 heavy (non-hydrogen) atoms. The minimum atomic E-state index is -0.524. The van der Waals surface area contributed by atoms with Crippen LogP contribution >= 0.6 is 11.6 Å². The van der Waals surface area contributed by atoms with Crippen molar-refractivity contribution in [2.75, 3.05) is 0 Å². The van der Waals surface area contributed by atoms with Gasteiger partial charge in [0.05, 0.1) is 6.42 Å². The number of rotatable bonds is 4. The molecule has 0 aliphatic carbocycles. The van der Waals surface area contributed by atoms with E-state index in [4.69, 9.17) is 22.1 Å². The van der Waals surface area contributed by atoms with Gasteiger partial charge in [-0.05, 0) is 42.0 Å². The molecule has 0 aliphatic rings. The van der Waals surface area contributed by atoms with Crippen molar-refractivity contribution in [3.05, 3.63) is 64.7 Å². The molecule has 2 aromatic carbocycles. The SMILES string of the molecule is NC(=O)c1ccc(OC(=O)Cc2ccc(Cl)cc2)cc1. The van der Waals surface area contributed by atoms with Crippen LogP contribution in [-0.4, -0.2) is 11.9 Å². The zero-order chi connectivity index (χ0) is 14.5. The summed E-state index contributed by atoms with van der Waals surface area (Å²) < 4.78 is 5.16. The second kappa shape index (κ2) is 6.21. The highest BCUT2D eigenvalue weighted by Gasteiger charge is 2.07. The molecule has 2 rings (SSSR count). The molecule has 1 amide bonds. The second-order valence-electron chi connectivity index (χ2n) is 4.17. The van der Waals surface area contributed by atoms with Gasteiger partial charge in [-0.25, -0.2) is 0 Å². The molecule has 0 spiro atoms. The van der Waals surface area contributed by atoms with Crippen molar-refractivity contribution >= 4 is 23.5 Å². The van der Waals surface area contributed by atoms with E-state index in [1.807, 2.05) is 0 Å². The van der Waals surface area contributed by atoms with Crippen LogP contribution in [0.15, 0.2) is 48.5 Å². The number of amides is 1. The molecule has 5 heteroatoms. The van der Waals surface area contributed by atoms with Crippen LogP contribution in [-0.2, 0) is 11.2 Å². The monoisotopic (exact) mass is 289 g/mol. The first-order valence-corrected chi connectivity index (χ1v) is 6.27. The molecular weight excluding hydrogens is 278 g/mol. The Bertz CT molecular complexity index is 621. The fourth-order valence-electron chi connectivity index (χ4n) is 1.62. The lowest BCUT2D eigenvalue weighted by Gasteiger charge is -2.05. The number of benzene rings is 2. The average molecular weight is 290 g/mol. The number of carbonyl (C=O) groups is 2. The topological polar surface area (TPSA) is 69.4 Å². The maximum Gasteiger partial charge on any atom is 0.315 e. The van der Waals surface area contributed by atoms with E-state index < -0.39 is 5.91 Å². The van der Waals surface area contributed by atoms with Crippen molar-refractivity contribution in [1.82, 2.24) is 0 Å². The molecule has 4 nitrogen and oxygen atoms in total. The van der Waals surface area contributed by atoms with Gasteiger partial charge in [-0.2, -0.15) is 0 Å².